The Balaban J connectivity index is 1.88. The summed E-state index contributed by atoms with van der Waals surface area (Å²) < 4.78 is 5.86. The van der Waals surface area contributed by atoms with Crippen LogP contribution in [0.5, 0.6) is 0 Å². The summed E-state index contributed by atoms with van der Waals surface area (Å²) in [5.41, 5.74) is 4.86. The molecule has 2 heteroatoms. The van der Waals surface area contributed by atoms with E-state index in [1.165, 1.54) is 23.1 Å². The van der Waals surface area contributed by atoms with Gasteiger partial charge < -0.3 is 9.84 Å². The summed E-state index contributed by atoms with van der Waals surface area (Å²) in [7, 11) is 0. The van der Waals surface area contributed by atoms with Crippen molar-refractivity contribution in [3.63, 3.8) is 0 Å². The number of aryl methyl sites for hydroxylation is 3. The molecular formula is C16H22O2. The number of benzene rings is 1. The van der Waals surface area contributed by atoms with Crippen molar-refractivity contribution >= 4 is 0 Å². The number of hydrogen-bond donors (Lipinski definition) is 1. The summed E-state index contributed by atoms with van der Waals surface area (Å²) in [4.78, 5) is 0. The smallest absolute Gasteiger partial charge is 0.0846 e. The van der Waals surface area contributed by atoms with E-state index in [9.17, 15) is 5.11 Å². The molecule has 1 aromatic carbocycles. The molecule has 0 saturated carbocycles. The van der Waals surface area contributed by atoms with Gasteiger partial charge in [-0.3, -0.25) is 0 Å². The quantitative estimate of drug-likeness (QED) is 0.868. The Morgan fingerprint density at radius 2 is 1.83 bits per heavy atom. The van der Waals surface area contributed by atoms with Gasteiger partial charge in [0, 0.05) is 5.92 Å². The first kappa shape index (κ1) is 12.2. The summed E-state index contributed by atoms with van der Waals surface area (Å²) in [6.07, 6.45) is 3.65. The molecule has 0 aromatic heterocycles. The minimum absolute atomic E-state index is 0.283. The standard InChI is InChI=1S/C16H22O2/c1-9-6-11(3)13(7-10(9)2)16(17)14-8-12-4-5-15(14)18-12/h6-7,12,14-17H,4-5,8H2,1-3H3. The van der Waals surface area contributed by atoms with Crippen LogP contribution < -0.4 is 0 Å². The fourth-order valence-electron chi connectivity index (χ4n) is 3.54. The van der Waals surface area contributed by atoms with Gasteiger partial charge in [0.05, 0.1) is 18.3 Å². The third-order valence-corrected chi connectivity index (χ3v) is 4.76. The van der Waals surface area contributed by atoms with Crippen LogP contribution in [0.4, 0.5) is 0 Å². The van der Waals surface area contributed by atoms with Crippen molar-refractivity contribution < 1.29 is 9.84 Å². The monoisotopic (exact) mass is 246 g/mol. The van der Waals surface area contributed by atoms with Gasteiger partial charge in [0.25, 0.3) is 0 Å². The van der Waals surface area contributed by atoms with Crippen LogP contribution in [0, 0.1) is 26.7 Å². The van der Waals surface area contributed by atoms with E-state index in [1.807, 2.05) is 0 Å². The molecule has 1 aromatic rings. The van der Waals surface area contributed by atoms with Gasteiger partial charge in [0.1, 0.15) is 0 Å². The molecule has 2 heterocycles. The third kappa shape index (κ3) is 1.88. The lowest BCUT2D eigenvalue weighted by Crippen LogP contribution is -2.24. The maximum absolute atomic E-state index is 10.7. The summed E-state index contributed by atoms with van der Waals surface area (Å²) in [5.74, 6) is 0.296. The predicted octanol–water partition coefficient (Wildman–Crippen LogP) is 3.21. The van der Waals surface area contributed by atoms with E-state index < -0.39 is 0 Å². The number of ether oxygens (including phenoxy) is 1. The Hall–Kier alpha value is -0.860. The van der Waals surface area contributed by atoms with Crippen molar-refractivity contribution in [3.05, 3.63) is 34.4 Å². The molecule has 2 aliphatic rings. The average molecular weight is 246 g/mol. The molecule has 0 amide bonds. The highest BCUT2D eigenvalue weighted by molar-refractivity contribution is 5.38. The second-order valence-corrected chi connectivity index (χ2v) is 6.01. The van der Waals surface area contributed by atoms with Gasteiger partial charge in [-0.2, -0.15) is 0 Å². The molecule has 18 heavy (non-hydrogen) atoms. The molecule has 2 bridgehead atoms. The molecule has 0 spiro atoms. The van der Waals surface area contributed by atoms with Gasteiger partial charge in [-0.25, -0.2) is 0 Å². The number of rotatable bonds is 2. The fraction of sp³-hybridized carbons (Fsp3) is 0.625. The highest BCUT2D eigenvalue weighted by Gasteiger charge is 2.44. The SMILES string of the molecule is Cc1cc(C)c(C(O)C2CC3CCC2O3)cc1C. The van der Waals surface area contributed by atoms with Crippen molar-refractivity contribution in [2.24, 2.45) is 5.92 Å². The molecule has 3 rings (SSSR count). The molecule has 2 aliphatic heterocycles. The van der Waals surface area contributed by atoms with Crippen LogP contribution in [0.2, 0.25) is 0 Å². The van der Waals surface area contributed by atoms with Gasteiger partial charge in [-0.05, 0) is 62.3 Å². The maximum atomic E-state index is 10.7. The summed E-state index contributed by atoms with van der Waals surface area (Å²) in [6, 6.07) is 4.34. The number of fused-ring (bicyclic) bond motifs is 2. The van der Waals surface area contributed by atoms with Gasteiger partial charge in [0.2, 0.25) is 0 Å². The van der Waals surface area contributed by atoms with Crippen LogP contribution in [-0.4, -0.2) is 17.3 Å². The molecule has 1 N–H and O–H groups in total. The van der Waals surface area contributed by atoms with E-state index >= 15 is 0 Å². The van der Waals surface area contributed by atoms with Crippen molar-refractivity contribution in [1.82, 2.24) is 0 Å². The van der Waals surface area contributed by atoms with E-state index in [2.05, 4.69) is 32.9 Å². The molecule has 0 radical (unpaired) electrons. The largest absolute Gasteiger partial charge is 0.388 e. The minimum Gasteiger partial charge on any atom is -0.388 e. The number of aliphatic hydroxyl groups is 1. The first-order chi connectivity index (χ1) is 8.56. The van der Waals surface area contributed by atoms with Crippen LogP contribution in [0.15, 0.2) is 12.1 Å². The molecular weight excluding hydrogens is 224 g/mol. The van der Waals surface area contributed by atoms with Gasteiger partial charge in [0.15, 0.2) is 0 Å². The number of hydrogen-bond acceptors (Lipinski definition) is 2. The Kier molecular flexibility index (Phi) is 2.95. The lowest BCUT2D eigenvalue weighted by Gasteiger charge is -2.26. The van der Waals surface area contributed by atoms with Crippen LogP contribution in [0.25, 0.3) is 0 Å². The van der Waals surface area contributed by atoms with Crippen molar-refractivity contribution in [1.29, 1.82) is 0 Å². The Labute approximate surface area is 109 Å². The predicted molar refractivity (Wildman–Crippen MR) is 71.6 cm³/mol. The minimum atomic E-state index is -0.361. The molecule has 4 unspecified atom stereocenters. The van der Waals surface area contributed by atoms with E-state index in [0.717, 1.165) is 18.4 Å². The van der Waals surface area contributed by atoms with Crippen molar-refractivity contribution in [3.8, 4) is 0 Å². The summed E-state index contributed by atoms with van der Waals surface area (Å²) in [6.45, 7) is 6.33. The second-order valence-electron chi connectivity index (χ2n) is 6.01. The average Bonchev–Trinajstić information content (AvgIpc) is 2.95. The van der Waals surface area contributed by atoms with Gasteiger partial charge >= 0.3 is 0 Å². The summed E-state index contributed by atoms with van der Waals surface area (Å²) >= 11 is 0. The zero-order valence-electron chi connectivity index (χ0n) is 11.4. The van der Waals surface area contributed by atoms with E-state index in [0.29, 0.717) is 12.0 Å². The van der Waals surface area contributed by atoms with E-state index in [-0.39, 0.29) is 12.2 Å². The van der Waals surface area contributed by atoms with Crippen LogP contribution in [0.3, 0.4) is 0 Å². The highest BCUT2D eigenvalue weighted by atomic mass is 16.5. The first-order valence-corrected chi connectivity index (χ1v) is 6.97. The lowest BCUT2D eigenvalue weighted by atomic mass is 9.81. The normalized spacial score (nSPS) is 31.9. The van der Waals surface area contributed by atoms with Crippen LogP contribution >= 0.6 is 0 Å². The lowest BCUT2D eigenvalue weighted by molar-refractivity contribution is 0.0420. The Bertz CT molecular complexity index is 466. The van der Waals surface area contributed by atoms with Crippen molar-refractivity contribution in [2.45, 2.75) is 58.3 Å². The Morgan fingerprint density at radius 3 is 2.44 bits per heavy atom. The van der Waals surface area contributed by atoms with Crippen molar-refractivity contribution in [2.75, 3.05) is 0 Å². The maximum Gasteiger partial charge on any atom is 0.0846 e. The summed E-state index contributed by atoms with van der Waals surface area (Å²) in [5, 5.41) is 10.7. The zero-order chi connectivity index (χ0) is 12.9. The van der Waals surface area contributed by atoms with Gasteiger partial charge in [-0.15, -0.1) is 0 Å². The molecule has 4 atom stereocenters. The topological polar surface area (TPSA) is 29.5 Å². The molecule has 2 saturated heterocycles. The van der Waals surface area contributed by atoms with Crippen LogP contribution in [-0.2, 0) is 4.74 Å². The molecule has 2 nitrogen and oxygen atoms in total. The Morgan fingerprint density at radius 1 is 1.11 bits per heavy atom. The highest BCUT2D eigenvalue weighted by Crippen LogP contribution is 2.45. The first-order valence-electron chi connectivity index (χ1n) is 6.97. The molecule has 98 valence electrons. The van der Waals surface area contributed by atoms with E-state index in [4.69, 9.17) is 4.74 Å². The number of aliphatic hydroxyl groups excluding tert-OH is 1. The van der Waals surface area contributed by atoms with Gasteiger partial charge in [-0.1, -0.05) is 12.1 Å². The fourth-order valence-corrected chi connectivity index (χ4v) is 3.54. The third-order valence-electron chi connectivity index (χ3n) is 4.76. The van der Waals surface area contributed by atoms with E-state index in [1.54, 1.807) is 0 Å². The van der Waals surface area contributed by atoms with Crippen LogP contribution in [0.1, 0.15) is 47.6 Å². The second kappa shape index (κ2) is 4.36. The molecule has 2 fully saturated rings. The zero-order valence-corrected chi connectivity index (χ0v) is 11.4. The molecule has 0 aliphatic carbocycles.